The number of hydrogen-bond acceptors (Lipinski definition) is 5. The van der Waals surface area contributed by atoms with Crippen LogP contribution in [0.4, 0.5) is 16.2 Å². The molecule has 0 aliphatic heterocycles. The zero-order chi connectivity index (χ0) is 13.8. The van der Waals surface area contributed by atoms with E-state index in [2.05, 4.69) is 25.9 Å². The lowest BCUT2D eigenvalue weighted by Crippen LogP contribution is -2.39. The van der Waals surface area contributed by atoms with E-state index >= 15 is 0 Å². The molecule has 6 nitrogen and oxygen atoms in total. The number of carbonyl (C=O) groups is 1. The summed E-state index contributed by atoms with van der Waals surface area (Å²) in [6.45, 7) is 4.21. The van der Waals surface area contributed by atoms with Gasteiger partial charge in [0, 0.05) is 12.6 Å². The van der Waals surface area contributed by atoms with Gasteiger partial charge < -0.3 is 16.0 Å². The number of nitrogens with one attached hydrogen (secondary N) is 3. The Morgan fingerprint density at radius 1 is 1.58 bits per heavy atom. The maximum Gasteiger partial charge on any atom is 0.242 e. The van der Waals surface area contributed by atoms with Crippen LogP contribution in [0.1, 0.15) is 26.7 Å². The fourth-order valence-electron chi connectivity index (χ4n) is 1.54. The van der Waals surface area contributed by atoms with Crippen LogP contribution in [0.3, 0.4) is 0 Å². The lowest BCUT2D eigenvalue weighted by Gasteiger charge is -2.15. The van der Waals surface area contributed by atoms with E-state index in [9.17, 15) is 9.18 Å². The molecule has 1 aliphatic carbocycles. The van der Waals surface area contributed by atoms with Gasteiger partial charge in [0.15, 0.2) is 11.6 Å². The monoisotopic (exact) mass is 267 g/mol. The van der Waals surface area contributed by atoms with Gasteiger partial charge in [0.2, 0.25) is 11.9 Å². The standard InChI is InChI=1S/C12H18FN5O/c1-3-14-12-15-6-9(13)10(18-12)16-7(2)11(19)17-8-4-5-8/h6-8H,3-5H2,1-2H3,(H,17,19)(H2,14,15,16,18). The van der Waals surface area contributed by atoms with Gasteiger partial charge in [0.25, 0.3) is 0 Å². The molecule has 19 heavy (non-hydrogen) atoms. The third-order valence-corrected chi connectivity index (χ3v) is 2.75. The number of aromatic nitrogens is 2. The van der Waals surface area contributed by atoms with Crippen molar-refractivity contribution in [2.45, 2.75) is 38.8 Å². The third kappa shape index (κ3) is 3.77. The molecule has 104 valence electrons. The SMILES string of the molecule is CCNc1ncc(F)c(NC(C)C(=O)NC2CC2)n1. The van der Waals surface area contributed by atoms with Crippen molar-refractivity contribution in [2.24, 2.45) is 0 Å². The highest BCUT2D eigenvalue weighted by atomic mass is 19.1. The fourth-order valence-corrected chi connectivity index (χ4v) is 1.54. The summed E-state index contributed by atoms with van der Waals surface area (Å²) in [5.41, 5.74) is 0. The van der Waals surface area contributed by atoms with E-state index in [1.54, 1.807) is 6.92 Å². The second-order valence-corrected chi connectivity index (χ2v) is 4.57. The van der Waals surface area contributed by atoms with E-state index in [-0.39, 0.29) is 17.8 Å². The van der Waals surface area contributed by atoms with Crippen molar-refractivity contribution in [3.05, 3.63) is 12.0 Å². The van der Waals surface area contributed by atoms with E-state index in [4.69, 9.17) is 0 Å². The second kappa shape index (κ2) is 5.81. The minimum atomic E-state index is -0.576. The smallest absolute Gasteiger partial charge is 0.242 e. The summed E-state index contributed by atoms with van der Waals surface area (Å²) in [6.07, 6.45) is 3.12. The zero-order valence-electron chi connectivity index (χ0n) is 11.0. The van der Waals surface area contributed by atoms with Crippen molar-refractivity contribution in [3.63, 3.8) is 0 Å². The van der Waals surface area contributed by atoms with Gasteiger partial charge in [-0.05, 0) is 26.7 Å². The Morgan fingerprint density at radius 3 is 2.95 bits per heavy atom. The normalized spacial score (nSPS) is 15.7. The van der Waals surface area contributed by atoms with E-state index in [1.165, 1.54) is 0 Å². The largest absolute Gasteiger partial charge is 0.356 e. The zero-order valence-corrected chi connectivity index (χ0v) is 11.0. The third-order valence-electron chi connectivity index (χ3n) is 2.75. The van der Waals surface area contributed by atoms with Crippen LogP contribution in [0.15, 0.2) is 6.20 Å². The predicted octanol–water partition coefficient (Wildman–Crippen LogP) is 1.13. The summed E-state index contributed by atoms with van der Waals surface area (Å²) in [6, 6.07) is -0.260. The molecule has 1 fully saturated rings. The number of hydrogen-bond donors (Lipinski definition) is 3. The molecule has 0 aromatic carbocycles. The molecule has 3 N–H and O–H groups in total. The first-order chi connectivity index (χ1) is 9.10. The fraction of sp³-hybridized carbons (Fsp3) is 0.583. The van der Waals surface area contributed by atoms with E-state index in [0.29, 0.717) is 12.5 Å². The van der Waals surface area contributed by atoms with Gasteiger partial charge >= 0.3 is 0 Å². The van der Waals surface area contributed by atoms with E-state index in [0.717, 1.165) is 19.0 Å². The van der Waals surface area contributed by atoms with Crippen LogP contribution in [0.25, 0.3) is 0 Å². The van der Waals surface area contributed by atoms with Gasteiger partial charge in [0.1, 0.15) is 6.04 Å². The minimum absolute atomic E-state index is 0.0318. The molecule has 1 aromatic heterocycles. The summed E-state index contributed by atoms with van der Waals surface area (Å²) in [7, 11) is 0. The molecular formula is C12H18FN5O. The molecule has 1 unspecified atom stereocenters. The second-order valence-electron chi connectivity index (χ2n) is 4.57. The Kier molecular flexibility index (Phi) is 4.13. The summed E-state index contributed by atoms with van der Waals surface area (Å²) < 4.78 is 13.6. The molecule has 1 aliphatic rings. The maximum atomic E-state index is 13.6. The molecule has 1 atom stereocenters. The molecule has 0 saturated heterocycles. The van der Waals surface area contributed by atoms with Crippen LogP contribution in [-0.2, 0) is 4.79 Å². The number of carbonyl (C=O) groups excluding carboxylic acids is 1. The molecule has 1 amide bonds. The number of rotatable bonds is 6. The molecule has 7 heteroatoms. The van der Waals surface area contributed by atoms with Gasteiger partial charge in [0.05, 0.1) is 6.20 Å². The molecular weight excluding hydrogens is 249 g/mol. The van der Waals surface area contributed by atoms with Gasteiger partial charge in [-0.1, -0.05) is 0 Å². The molecule has 1 saturated carbocycles. The lowest BCUT2D eigenvalue weighted by atomic mass is 10.3. The molecule has 1 aromatic rings. The van der Waals surface area contributed by atoms with E-state index < -0.39 is 11.9 Å². The van der Waals surface area contributed by atoms with Crippen LogP contribution in [0.5, 0.6) is 0 Å². The van der Waals surface area contributed by atoms with Crippen LogP contribution in [-0.4, -0.2) is 34.5 Å². The Bertz CT molecular complexity index is 463. The first kappa shape index (κ1) is 13.5. The Morgan fingerprint density at radius 2 is 2.32 bits per heavy atom. The van der Waals surface area contributed by atoms with Gasteiger partial charge in [-0.2, -0.15) is 4.98 Å². The molecule has 0 bridgehead atoms. The first-order valence-corrected chi connectivity index (χ1v) is 6.43. The average Bonchev–Trinajstić information content (AvgIpc) is 3.17. The Balaban J connectivity index is 1.99. The number of amides is 1. The predicted molar refractivity (Wildman–Crippen MR) is 70.4 cm³/mol. The van der Waals surface area contributed by atoms with Gasteiger partial charge in [-0.25, -0.2) is 9.37 Å². The summed E-state index contributed by atoms with van der Waals surface area (Å²) >= 11 is 0. The van der Waals surface area contributed by atoms with Crippen molar-refractivity contribution < 1.29 is 9.18 Å². The molecule has 0 spiro atoms. The van der Waals surface area contributed by atoms with Crippen molar-refractivity contribution >= 4 is 17.7 Å². The maximum absolute atomic E-state index is 13.6. The van der Waals surface area contributed by atoms with Crippen molar-refractivity contribution in [3.8, 4) is 0 Å². The topological polar surface area (TPSA) is 78.9 Å². The van der Waals surface area contributed by atoms with Crippen LogP contribution in [0.2, 0.25) is 0 Å². The van der Waals surface area contributed by atoms with Crippen molar-refractivity contribution in [1.82, 2.24) is 15.3 Å². The quantitative estimate of drug-likeness (QED) is 0.720. The van der Waals surface area contributed by atoms with Crippen LogP contribution < -0.4 is 16.0 Å². The first-order valence-electron chi connectivity index (χ1n) is 6.43. The molecule has 0 radical (unpaired) electrons. The highest BCUT2D eigenvalue weighted by Gasteiger charge is 2.26. The number of nitrogens with zero attached hydrogens (tertiary/aromatic N) is 2. The lowest BCUT2D eigenvalue weighted by molar-refractivity contribution is -0.121. The Labute approximate surface area is 111 Å². The van der Waals surface area contributed by atoms with Gasteiger partial charge in [-0.15, -0.1) is 0 Å². The summed E-state index contributed by atoms with van der Waals surface area (Å²) in [4.78, 5) is 19.6. The average molecular weight is 267 g/mol. The molecule has 1 heterocycles. The van der Waals surface area contributed by atoms with Crippen LogP contribution >= 0.6 is 0 Å². The van der Waals surface area contributed by atoms with Crippen molar-refractivity contribution in [1.29, 1.82) is 0 Å². The summed E-state index contributed by atoms with van der Waals surface area (Å²) in [5, 5.41) is 8.50. The summed E-state index contributed by atoms with van der Waals surface area (Å²) in [5.74, 6) is -0.358. The van der Waals surface area contributed by atoms with Crippen molar-refractivity contribution in [2.75, 3.05) is 17.2 Å². The number of halogens is 1. The van der Waals surface area contributed by atoms with E-state index in [1.807, 2.05) is 6.92 Å². The Hall–Kier alpha value is -1.92. The minimum Gasteiger partial charge on any atom is -0.356 e. The highest BCUT2D eigenvalue weighted by Crippen LogP contribution is 2.19. The highest BCUT2D eigenvalue weighted by molar-refractivity contribution is 5.84. The van der Waals surface area contributed by atoms with Crippen LogP contribution in [0, 0.1) is 5.82 Å². The number of anilines is 2. The molecule has 2 rings (SSSR count). The van der Waals surface area contributed by atoms with Gasteiger partial charge in [-0.3, -0.25) is 4.79 Å².